The van der Waals surface area contributed by atoms with Crippen LogP contribution in [0.15, 0.2) is 41.1 Å². The third kappa shape index (κ3) is 3.70. The second-order valence-electron chi connectivity index (χ2n) is 4.38. The molecule has 0 spiro atoms. The van der Waals surface area contributed by atoms with Crippen LogP contribution in [0, 0.1) is 0 Å². The summed E-state index contributed by atoms with van der Waals surface area (Å²) in [5.74, 6) is 1.00. The Hall–Kier alpha value is -1.61. The average Bonchev–Trinajstić information content (AvgIpc) is 2.86. The normalized spacial score (nSPS) is 10.7. The molecular weight excluding hydrogens is 224 g/mol. The standard InChI is InChI=1S/C15H20N2O/c1-2-10-16-11-14-15(18-12-17-14)9-8-13-6-4-3-5-7-13/h3-7,12,16H,2,8-11H2,1H3. The molecule has 2 rings (SSSR count). The Morgan fingerprint density at radius 3 is 2.78 bits per heavy atom. The summed E-state index contributed by atoms with van der Waals surface area (Å²) in [6, 6.07) is 10.5. The highest BCUT2D eigenvalue weighted by molar-refractivity contribution is 5.17. The van der Waals surface area contributed by atoms with Crippen molar-refractivity contribution in [1.82, 2.24) is 10.3 Å². The molecule has 96 valence electrons. The third-order valence-corrected chi connectivity index (χ3v) is 2.93. The molecule has 0 saturated carbocycles. The second-order valence-corrected chi connectivity index (χ2v) is 4.38. The van der Waals surface area contributed by atoms with Gasteiger partial charge in [0.25, 0.3) is 0 Å². The predicted octanol–water partition coefficient (Wildman–Crippen LogP) is 2.96. The fraction of sp³-hybridized carbons (Fsp3) is 0.400. The Balaban J connectivity index is 1.87. The van der Waals surface area contributed by atoms with Crippen molar-refractivity contribution in [3.8, 4) is 0 Å². The van der Waals surface area contributed by atoms with Gasteiger partial charge >= 0.3 is 0 Å². The molecule has 3 heteroatoms. The molecule has 1 aromatic carbocycles. The number of aromatic nitrogens is 1. The molecule has 0 aliphatic heterocycles. The summed E-state index contributed by atoms with van der Waals surface area (Å²) in [5.41, 5.74) is 2.38. The van der Waals surface area contributed by atoms with Crippen LogP contribution in [-0.2, 0) is 19.4 Å². The van der Waals surface area contributed by atoms with E-state index in [1.807, 2.05) is 6.07 Å². The molecule has 0 saturated heterocycles. The maximum Gasteiger partial charge on any atom is 0.181 e. The minimum atomic E-state index is 0.800. The van der Waals surface area contributed by atoms with Gasteiger partial charge in [0.15, 0.2) is 6.39 Å². The maximum absolute atomic E-state index is 5.47. The highest BCUT2D eigenvalue weighted by atomic mass is 16.3. The van der Waals surface area contributed by atoms with Crippen molar-refractivity contribution in [2.45, 2.75) is 32.7 Å². The largest absolute Gasteiger partial charge is 0.448 e. The molecule has 0 radical (unpaired) electrons. The number of aryl methyl sites for hydroxylation is 2. The molecule has 1 aromatic heterocycles. The molecule has 3 nitrogen and oxygen atoms in total. The smallest absolute Gasteiger partial charge is 0.181 e. The fourth-order valence-electron chi connectivity index (χ4n) is 1.93. The summed E-state index contributed by atoms with van der Waals surface area (Å²) in [6.07, 6.45) is 4.59. The van der Waals surface area contributed by atoms with Gasteiger partial charge in [-0.3, -0.25) is 0 Å². The summed E-state index contributed by atoms with van der Waals surface area (Å²) in [7, 11) is 0. The van der Waals surface area contributed by atoms with Crippen molar-refractivity contribution >= 4 is 0 Å². The van der Waals surface area contributed by atoms with Crippen LogP contribution in [0.1, 0.15) is 30.4 Å². The van der Waals surface area contributed by atoms with E-state index in [0.717, 1.165) is 43.8 Å². The van der Waals surface area contributed by atoms with E-state index >= 15 is 0 Å². The second kappa shape index (κ2) is 6.97. The van der Waals surface area contributed by atoms with Crippen LogP contribution < -0.4 is 5.32 Å². The Kier molecular flexibility index (Phi) is 4.97. The van der Waals surface area contributed by atoms with E-state index in [4.69, 9.17) is 4.42 Å². The van der Waals surface area contributed by atoms with Gasteiger partial charge in [-0.05, 0) is 24.9 Å². The van der Waals surface area contributed by atoms with E-state index in [1.165, 1.54) is 5.56 Å². The first-order chi connectivity index (χ1) is 8.90. The molecule has 0 amide bonds. The topological polar surface area (TPSA) is 38.1 Å². The Morgan fingerprint density at radius 2 is 2.00 bits per heavy atom. The minimum Gasteiger partial charge on any atom is -0.448 e. The maximum atomic E-state index is 5.47. The van der Waals surface area contributed by atoms with Gasteiger partial charge in [-0.2, -0.15) is 0 Å². The molecule has 2 aromatic rings. The molecule has 0 aliphatic carbocycles. The average molecular weight is 244 g/mol. The van der Waals surface area contributed by atoms with Crippen molar-refractivity contribution in [2.75, 3.05) is 6.54 Å². The lowest BCUT2D eigenvalue weighted by Gasteiger charge is -2.03. The van der Waals surface area contributed by atoms with Crippen LogP contribution in [0.5, 0.6) is 0 Å². The van der Waals surface area contributed by atoms with Crippen molar-refractivity contribution in [2.24, 2.45) is 0 Å². The zero-order chi connectivity index (χ0) is 12.6. The van der Waals surface area contributed by atoms with E-state index in [1.54, 1.807) is 6.39 Å². The van der Waals surface area contributed by atoms with E-state index < -0.39 is 0 Å². The molecule has 18 heavy (non-hydrogen) atoms. The number of rotatable bonds is 7. The van der Waals surface area contributed by atoms with Crippen molar-refractivity contribution in [3.63, 3.8) is 0 Å². The van der Waals surface area contributed by atoms with Gasteiger partial charge in [-0.25, -0.2) is 4.98 Å². The van der Waals surface area contributed by atoms with Gasteiger partial charge in [0.1, 0.15) is 5.76 Å². The summed E-state index contributed by atoms with van der Waals surface area (Å²) in [6.45, 7) is 3.98. The lowest BCUT2D eigenvalue weighted by Crippen LogP contribution is -2.15. The first-order valence-electron chi connectivity index (χ1n) is 6.56. The number of benzene rings is 1. The van der Waals surface area contributed by atoms with Crippen molar-refractivity contribution in [1.29, 1.82) is 0 Å². The van der Waals surface area contributed by atoms with Crippen molar-refractivity contribution < 1.29 is 4.42 Å². The van der Waals surface area contributed by atoms with E-state index in [9.17, 15) is 0 Å². The van der Waals surface area contributed by atoms with Crippen LogP contribution in [-0.4, -0.2) is 11.5 Å². The molecule has 0 aliphatic rings. The van der Waals surface area contributed by atoms with E-state index in [-0.39, 0.29) is 0 Å². The fourth-order valence-corrected chi connectivity index (χ4v) is 1.93. The summed E-state index contributed by atoms with van der Waals surface area (Å²) < 4.78 is 5.47. The third-order valence-electron chi connectivity index (χ3n) is 2.93. The summed E-state index contributed by atoms with van der Waals surface area (Å²) in [5, 5.41) is 3.35. The summed E-state index contributed by atoms with van der Waals surface area (Å²) in [4.78, 5) is 4.27. The number of nitrogens with one attached hydrogen (secondary N) is 1. The molecule has 1 heterocycles. The molecule has 0 bridgehead atoms. The quantitative estimate of drug-likeness (QED) is 0.761. The highest BCUT2D eigenvalue weighted by Crippen LogP contribution is 2.11. The SMILES string of the molecule is CCCNCc1ncoc1CCc1ccccc1. The molecular formula is C15H20N2O. The number of nitrogens with zero attached hydrogens (tertiary/aromatic N) is 1. The Labute approximate surface area is 108 Å². The number of hydrogen-bond acceptors (Lipinski definition) is 3. The van der Waals surface area contributed by atoms with Crippen LogP contribution >= 0.6 is 0 Å². The zero-order valence-corrected chi connectivity index (χ0v) is 10.9. The minimum absolute atomic E-state index is 0.800. The molecule has 0 fully saturated rings. The molecule has 1 N–H and O–H groups in total. The van der Waals surface area contributed by atoms with Gasteiger partial charge in [-0.15, -0.1) is 0 Å². The van der Waals surface area contributed by atoms with Gasteiger partial charge in [0.05, 0.1) is 5.69 Å². The zero-order valence-electron chi connectivity index (χ0n) is 10.9. The lowest BCUT2D eigenvalue weighted by atomic mass is 10.1. The molecule has 0 unspecified atom stereocenters. The summed E-state index contributed by atoms with van der Waals surface area (Å²) >= 11 is 0. The van der Waals surface area contributed by atoms with Crippen molar-refractivity contribution in [3.05, 3.63) is 53.7 Å². The number of hydrogen-bond donors (Lipinski definition) is 1. The first-order valence-corrected chi connectivity index (χ1v) is 6.56. The monoisotopic (exact) mass is 244 g/mol. The van der Waals surface area contributed by atoms with Gasteiger partial charge in [0, 0.05) is 13.0 Å². The van der Waals surface area contributed by atoms with Crippen LogP contribution in [0.2, 0.25) is 0 Å². The van der Waals surface area contributed by atoms with Gasteiger partial charge < -0.3 is 9.73 Å². The Morgan fingerprint density at radius 1 is 1.17 bits per heavy atom. The predicted molar refractivity (Wildman–Crippen MR) is 72.4 cm³/mol. The van der Waals surface area contributed by atoms with Gasteiger partial charge in [0.2, 0.25) is 0 Å². The highest BCUT2D eigenvalue weighted by Gasteiger charge is 2.07. The van der Waals surface area contributed by atoms with Crippen LogP contribution in [0.25, 0.3) is 0 Å². The van der Waals surface area contributed by atoms with Gasteiger partial charge in [-0.1, -0.05) is 37.3 Å². The molecule has 0 atom stereocenters. The van der Waals surface area contributed by atoms with Crippen LogP contribution in [0.4, 0.5) is 0 Å². The van der Waals surface area contributed by atoms with E-state index in [2.05, 4.69) is 41.5 Å². The van der Waals surface area contributed by atoms with E-state index in [0.29, 0.717) is 0 Å². The number of oxazole rings is 1. The lowest BCUT2D eigenvalue weighted by molar-refractivity contribution is 0.497. The van der Waals surface area contributed by atoms with Crippen LogP contribution in [0.3, 0.4) is 0 Å². The Bertz CT molecular complexity index is 451. The first kappa shape index (κ1) is 12.8.